The van der Waals surface area contributed by atoms with Crippen LogP contribution in [0.15, 0.2) is 42.5 Å². The highest BCUT2D eigenvalue weighted by atomic mass is 35.5. The third-order valence-corrected chi connectivity index (χ3v) is 4.24. The summed E-state index contributed by atoms with van der Waals surface area (Å²) in [6.45, 7) is 3.67. The summed E-state index contributed by atoms with van der Waals surface area (Å²) in [5, 5.41) is 26.4. The zero-order valence-corrected chi connectivity index (χ0v) is 16.1. The second-order valence-electron chi connectivity index (χ2n) is 6.59. The standard InChI is InChI=1S/C19H20ClN3O5/c1-11(2)9-16(19(25)26)22-18(24)12-7-8-15(17(10-12)23(27)28)21-14-6-4-3-5-13(14)20/h3-8,10-11,16,21H,9H2,1-2H3,(H,22,24)(H,25,26). The maximum absolute atomic E-state index is 12.4. The van der Waals surface area contributed by atoms with Crippen LogP contribution in [0.2, 0.25) is 5.02 Å². The molecule has 0 aliphatic heterocycles. The second kappa shape index (κ2) is 9.18. The van der Waals surface area contributed by atoms with Crippen LogP contribution < -0.4 is 10.6 Å². The lowest BCUT2D eigenvalue weighted by molar-refractivity contribution is -0.383. The van der Waals surface area contributed by atoms with Crippen LogP contribution in [0.3, 0.4) is 0 Å². The molecule has 1 atom stereocenters. The summed E-state index contributed by atoms with van der Waals surface area (Å²) in [5.41, 5.74) is 0.300. The molecule has 2 aromatic rings. The minimum absolute atomic E-state index is 0.00795. The molecule has 0 radical (unpaired) electrons. The van der Waals surface area contributed by atoms with Crippen LogP contribution in [0.4, 0.5) is 17.1 Å². The molecule has 0 fully saturated rings. The normalized spacial score (nSPS) is 11.7. The Kier molecular flexibility index (Phi) is 6.94. The first-order chi connectivity index (χ1) is 13.2. The summed E-state index contributed by atoms with van der Waals surface area (Å²) in [6.07, 6.45) is 0.245. The number of rotatable bonds is 8. The number of nitrogens with zero attached hydrogens (tertiary/aromatic N) is 1. The Bertz CT molecular complexity index is 901. The van der Waals surface area contributed by atoms with Gasteiger partial charge in [0.1, 0.15) is 11.7 Å². The van der Waals surface area contributed by atoms with Crippen molar-refractivity contribution in [2.45, 2.75) is 26.3 Å². The maximum atomic E-state index is 12.4. The van der Waals surface area contributed by atoms with Gasteiger partial charge in [0.15, 0.2) is 0 Å². The van der Waals surface area contributed by atoms with Crippen LogP contribution in [0.25, 0.3) is 0 Å². The maximum Gasteiger partial charge on any atom is 0.326 e. The number of nitro benzene ring substituents is 1. The molecule has 0 aromatic heterocycles. The topological polar surface area (TPSA) is 122 Å². The molecular formula is C19H20ClN3O5. The molecule has 8 nitrogen and oxygen atoms in total. The van der Waals surface area contributed by atoms with Crippen LogP contribution in [0.1, 0.15) is 30.6 Å². The van der Waals surface area contributed by atoms with Gasteiger partial charge in [-0.05, 0) is 36.6 Å². The van der Waals surface area contributed by atoms with Crippen molar-refractivity contribution in [3.8, 4) is 0 Å². The van der Waals surface area contributed by atoms with Gasteiger partial charge in [-0.2, -0.15) is 0 Å². The van der Waals surface area contributed by atoms with Gasteiger partial charge in [0.2, 0.25) is 0 Å². The minimum Gasteiger partial charge on any atom is -0.480 e. The molecule has 1 amide bonds. The van der Waals surface area contributed by atoms with Crippen LogP contribution in [0, 0.1) is 16.0 Å². The number of aliphatic carboxylic acids is 1. The number of carboxylic acids is 1. The highest BCUT2D eigenvalue weighted by Crippen LogP contribution is 2.31. The minimum atomic E-state index is -1.16. The van der Waals surface area contributed by atoms with Crippen LogP contribution in [0.5, 0.6) is 0 Å². The summed E-state index contributed by atoms with van der Waals surface area (Å²) in [5.74, 6) is -1.80. The van der Waals surface area contributed by atoms with E-state index in [0.29, 0.717) is 10.7 Å². The van der Waals surface area contributed by atoms with E-state index in [4.69, 9.17) is 11.6 Å². The summed E-state index contributed by atoms with van der Waals surface area (Å²) in [7, 11) is 0. The van der Waals surface area contributed by atoms with Gasteiger partial charge in [-0.3, -0.25) is 14.9 Å². The van der Waals surface area contributed by atoms with Gasteiger partial charge in [0.25, 0.3) is 11.6 Å². The fraction of sp³-hybridized carbons (Fsp3) is 0.263. The van der Waals surface area contributed by atoms with Crippen LogP contribution >= 0.6 is 11.6 Å². The first-order valence-corrected chi connectivity index (χ1v) is 8.90. The number of halogens is 1. The zero-order valence-electron chi connectivity index (χ0n) is 15.3. The molecule has 0 aliphatic rings. The van der Waals surface area contributed by atoms with Gasteiger partial charge in [-0.1, -0.05) is 37.6 Å². The molecule has 0 heterocycles. The molecule has 0 saturated carbocycles. The average molecular weight is 406 g/mol. The number of amides is 1. The lowest BCUT2D eigenvalue weighted by atomic mass is 10.0. The number of benzene rings is 2. The van der Waals surface area contributed by atoms with E-state index in [1.807, 2.05) is 13.8 Å². The Morgan fingerprint density at radius 1 is 1.18 bits per heavy atom. The Hall–Kier alpha value is -3.13. The lowest BCUT2D eigenvalue weighted by Gasteiger charge is -2.16. The van der Waals surface area contributed by atoms with E-state index in [1.165, 1.54) is 12.1 Å². The molecule has 1 unspecified atom stereocenters. The average Bonchev–Trinajstić information content (AvgIpc) is 2.62. The Labute approximate surface area is 166 Å². The van der Waals surface area contributed by atoms with E-state index >= 15 is 0 Å². The van der Waals surface area contributed by atoms with E-state index in [1.54, 1.807) is 24.3 Å². The van der Waals surface area contributed by atoms with Crippen molar-refractivity contribution in [3.63, 3.8) is 0 Å². The predicted molar refractivity (Wildman–Crippen MR) is 106 cm³/mol. The van der Waals surface area contributed by atoms with Gasteiger partial charge in [-0.25, -0.2) is 4.79 Å². The van der Waals surface area contributed by atoms with Crippen LogP contribution in [-0.4, -0.2) is 27.9 Å². The van der Waals surface area contributed by atoms with Crippen molar-refractivity contribution in [3.05, 3.63) is 63.2 Å². The third kappa shape index (κ3) is 5.43. The van der Waals surface area contributed by atoms with Crippen LogP contribution in [-0.2, 0) is 4.79 Å². The van der Waals surface area contributed by atoms with Crippen molar-refractivity contribution >= 4 is 40.5 Å². The summed E-state index contributed by atoms with van der Waals surface area (Å²) in [4.78, 5) is 34.5. The highest BCUT2D eigenvalue weighted by Gasteiger charge is 2.24. The molecule has 28 heavy (non-hydrogen) atoms. The zero-order chi connectivity index (χ0) is 20.8. The van der Waals surface area contributed by atoms with Crippen molar-refractivity contribution in [1.82, 2.24) is 5.32 Å². The smallest absolute Gasteiger partial charge is 0.326 e. The summed E-state index contributed by atoms with van der Waals surface area (Å²) in [6, 6.07) is 9.54. The van der Waals surface area contributed by atoms with E-state index in [9.17, 15) is 24.8 Å². The number of para-hydroxylation sites is 1. The molecule has 2 rings (SSSR count). The lowest BCUT2D eigenvalue weighted by Crippen LogP contribution is -2.41. The van der Waals surface area contributed by atoms with Gasteiger partial charge in [0, 0.05) is 11.6 Å². The largest absolute Gasteiger partial charge is 0.480 e. The van der Waals surface area contributed by atoms with E-state index in [2.05, 4.69) is 10.6 Å². The van der Waals surface area contributed by atoms with Gasteiger partial charge >= 0.3 is 5.97 Å². The van der Waals surface area contributed by atoms with Crippen molar-refractivity contribution in [2.24, 2.45) is 5.92 Å². The highest BCUT2D eigenvalue weighted by molar-refractivity contribution is 6.33. The fourth-order valence-electron chi connectivity index (χ4n) is 2.57. The third-order valence-electron chi connectivity index (χ3n) is 3.91. The van der Waals surface area contributed by atoms with Gasteiger partial charge < -0.3 is 15.7 Å². The molecule has 0 spiro atoms. The van der Waals surface area contributed by atoms with Crippen molar-refractivity contribution < 1.29 is 19.6 Å². The van der Waals surface area contributed by atoms with Gasteiger partial charge in [0.05, 0.1) is 15.6 Å². The quantitative estimate of drug-likeness (QED) is 0.446. The Morgan fingerprint density at radius 3 is 2.43 bits per heavy atom. The molecule has 3 N–H and O–H groups in total. The number of anilines is 2. The molecule has 9 heteroatoms. The molecular weight excluding hydrogens is 386 g/mol. The number of nitro groups is 1. The molecule has 2 aromatic carbocycles. The predicted octanol–water partition coefficient (Wildman–Crippen LogP) is 4.22. The SMILES string of the molecule is CC(C)CC(NC(=O)c1ccc(Nc2ccccc2Cl)c([N+](=O)[O-])c1)C(=O)O. The number of carbonyl (C=O) groups excluding carboxylic acids is 1. The van der Waals surface area contributed by atoms with E-state index in [-0.39, 0.29) is 29.3 Å². The fourth-order valence-corrected chi connectivity index (χ4v) is 2.75. The van der Waals surface area contributed by atoms with Gasteiger partial charge in [-0.15, -0.1) is 0 Å². The summed E-state index contributed by atoms with van der Waals surface area (Å²) >= 11 is 6.06. The van der Waals surface area contributed by atoms with E-state index in [0.717, 1.165) is 6.07 Å². The second-order valence-corrected chi connectivity index (χ2v) is 6.99. The monoisotopic (exact) mass is 405 g/mol. The Morgan fingerprint density at radius 2 is 1.86 bits per heavy atom. The van der Waals surface area contributed by atoms with E-state index < -0.39 is 22.8 Å². The molecule has 0 saturated heterocycles. The summed E-state index contributed by atoms with van der Waals surface area (Å²) < 4.78 is 0. The molecule has 148 valence electrons. The van der Waals surface area contributed by atoms with Crippen molar-refractivity contribution in [1.29, 1.82) is 0 Å². The Balaban J connectivity index is 2.28. The first-order valence-electron chi connectivity index (χ1n) is 8.52. The van der Waals surface area contributed by atoms with Crippen molar-refractivity contribution in [2.75, 3.05) is 5.32 Å². The number of carbonyl (C=O) groups is 2. The number of nitrogens with one attached hydrogen (secondary N) is 2. The first kappa shape index (κ1) is 21.2. The molecule has 0 aliphatic carbocycles. The number of carboxylic acid groups (broad SMARTS) is 1. The number of hydrogen-bond donors (Lipinski definition) is 3. The molecule has 0 bridgehead atoms. The number of hydrogen-bond acceptors (Lipinski definition) is 5.